The third-order valence-electron chi connectivity index (χ3n) is 3.26. The minimum absolute atomic E-state index is 0.0712. The van der Waals surface area contributed by atoms with E-state index in [1.165, 1.54) is 0 Å². The average molecular weight is 229 g/mol. The van der Waals surface area contributed by atoms with Gasteiger partial charge in [-0.25, -0.2) is 0 Å². The van der Waals surface area contributed by atoms with Crippen LogP contribution in [0.5, 0.6) is 0 Å². The second kappa shape index (κ2) is 6.89. The summed E-state index contributed by atoms with van der Waals surface area (Å²) in [5.41, 5.74) is -0.545. The monoisotopic (exact) mass is 229 g/mol. The van der Waals surface area contributed by atoms with E-state index in [1.54, 1.807) is 6.92 Å². The van der Waals surface area contributed by atoms with Gasteiger partial charge in [0.1, 0.15) is 0 Å². The minimum atomic E-state index is -0.545. The Balaban J connectivity index is 4.30. The molecule has 96 valence electrons. The van der Waals surface area contributed by atoms with Crippen molar-refractivity contribution in [3.05, 3.63) is 0 Å². The second-order valence-electron chi connectivity index (χ2n) is 5.13. The molecule has 0 radical (unpaired) electrons. The third-order valence-corrected chi connectivity index (χ3v) is 3.26. The molecule has 2 N–H and O–H groups in total. The van der Waals surface area contributed by atoms with Gasteiger partial charge in [0.25, 0.3) is 0 Å². The summed E-state index contributed by atoms with van der Waals surface area (Å²) in [7, 11) is 0. The lowest BCUT2D eigenvalue weighted by atomic mass is 9.94. The Morgan fingerprint density at radius 2 is 1.94 bits per heavy atom. The zero-order valence-corrected chi connectivity index (χ0v) is 11.3. The molecule has 0 saturated heterocycles. The molecule has 0 spiro atoms. The number of hydrogen-bond acceptors (Lipinski definition) is 2. The highest BCUT2D eigenvalue weighted by atomic mass is 16.3. The van der Waals surface area contributed by atoms with Crippen molar-refractivity contribution < 1.29 is 9.90 Å². The Labute approximate surface area is 99.6 Å². The smallest absolute Gasteiger partial charge is 0.223 e. The number of aliphatic hydroxyl groups is 1. The predicted molar refractivity (Wildman–Crippen MR) is 67.2 cm³/mol. The van der Waals surface area contributed by atoms with Crippen molar-refractivity contribution in [2.45, 2.75) is 71.9 Å². The van der Waals surface area contributed by atoms with Crippen molar-refractivity contribution in [2.75, 3.05) is 0 Å². The lowest BCUT2D eigenvalue weighted by molar-refractivity contribution is -0.128. The largest absolute Gasteiger partial charge is 0.391 e. The van der Waals surface area contributed by atoms with Crippen molar-refractivity contribution >= 4 is 5.91 Å². The van der Waals surface area contributed by atoms with E-state index in [0.717, 1.165) is 25.7 Å². The van der Waals surface area contributed by atoms with Gasteiger partial charge >= 0.3 is 0 Å². The summed E-state index contributed by atoms with van der Waals surface area (Å²) < 4.78 is 0. The number of carbonyl (C=O) groups excluding carboxylic acids is 1. The Kier molecular flexibility index (Phi) is 6.65. The Morgan fingerprint density at radius 1 is 1.38 bits per heavy atom. The molecule has 0 aromatic heterocycles. The standard InChI is InChI=1S/C13H27NO2/c1-6-8-9-11(7-2)12(16)14-13(4,5)10(3)15/h10-11,15H,6-9H2,1-5H3,(H,14,16). The maximum atomic E-state index is 12.0. The van der Waals surface area contributed by atoms with Gasteiger partial charge in [0.15, 0.2) is 0 Å². The van der Waals surface area contributed by atoms with Gasteiger partial charge < -0.3 is 10.4 Å². The van der Waals surface area contributed by atoms with E-state index in [0.29, 0.717) is 0 Å². The second-order valence-corrected chi connectivity index (χ2v) is 5.13. The highest BCUT2D eigenvalue weighted by Crippen LogP contribution is 2.16. The molecular weight excluding hydrogens is 202 g/mol. The van der Waals surface area contributed by atoms with E-state index in [4.69, 9.17) is 0 Å². The van der Waals surface area contributed by atoms with E-state index in [2.05, 4.69) is 12.2 Å². The molecule has 3 nitrogen and oxygen atoms in total. The molecule has 3 heteroatoms. The molecule has 0 saturated carbocycles. The summed E-state index contributed by atoms with van der Waals surface area (Å²) in [6, 6.07) is 0. The Hall–Kier alpha value is -0.570. The number of amides is 1. The maximum Gasteiger partial charge on any atom is 0.223 e. The van der Waals surface area contributed by atoms with Crippen LogP contribution >= 0.6 is 0 Å². The molecule has 0 aliphatic carbocycles. The molecule has 0 rings (SSSR count). The normalized spacial score (nSPS) is 15.6. The van der Waals surface area contributed by atoms with Crippen molar-refractivity contribution in [1.29, 1.82) is 0 Å². The van der Waals surface area contributed by atoms with Crippen LogP contribution in [-0.4, -0.2) is 22.7 Å². The first-order chi connectivity index (χ1) is 7.35. The van der Waals surface area contributed by atoms with Gasteiger partial charge in [0.2, 0.25) is 5.91 Å². The lowest BCUT2D eigenvalue weighted by Gasteiger charge is -2.31. The average Bonchev–Trinajstić information content (AvgIpc) is 2.18. The van der Waals surface area contributed by atoms with Crippen LogP contribution in [0.4, 0.5) is 0 Å². The quantitative estimate of drug-likeness (QED) is 0.704. The Morgan fingerprint density at radius 3 is 2.31 bits per heavy atom. The molecular formula is C13H27NO2. The van der Waals surface area contributed by atoms with E-state index >= 15 is 0 Å². The van der Waals surface area contributed by atoms with Gasteiger partial charge in [-0.3, -0.25) is 4.79 Å². The molecule has 1 amide bonds. The van der Waals surface area contributed by atoms with Crippen LogP contribution in [0.2, 0.25) is 0 Å². The lowest BCUT2D eigenvalue weighted by Crippen LogP contribution is -2.52. The molecule has 2 unspecified atom stereocenters. The highest BCUT2D eigenvalue weighted by Gasteiger charge is 2.28. The summed E-state index contributed by atoms with van der Waals surface area (Å²) in [5, 5.41) is 12.5. The summed E-state index contributed by atoms with van der Waals surface area (Å²) in [6.45, 7) is 9.57. The minimum Gasteiger partial charge on any atom is -0.391 e. The van der Waals surface area contributed by atoms with Crippen LogP contribution in [-0.2, 0) is 4.79 Å². The van der Waals surface area contributed by atoms with Crippen molar-refractivity contribution in [1.82, 2.24) is 5.32 Å². The van der Waals surface area contributed by atoms with Gasteiger partial charge in [-0.15, -0.1) is 0 Å². The fraction of sp³-hybridized carbons (Fsp3) is 0.923. The van der Waals surface area contributed by atoms with Gasteiger partial charge in [-0.2, -0.15) is 0 Å². The zero-order chi connectivity index (χ0) is 12.8. The molecule has 0 aliphatic heterocycles. The molecule has 0 aromatic rings. The highest BCUT2D eigenvalue weighted by molar-refractivity contribution is 5.79. The van der Waals surface area contributed by atoms with Crippen molar-refractivity contribution in [3.63, 3.8) is 0 Å². The van der Waals surface area contributed by atoms with Crippen LogP contribution < -0.4 is 5.32 Å². The SMILES string of the molecule is CCCCC(CC)C(=O)NC(C)(C)C(C)O. The van der Waals surface area contributed by atoms with Gasteiger partial charge in [-0.1, -0.05) is 26.7 Å². The summed E-state index contributed by atoms with van der Waals surface area (Å²) in [6.07, 6.45) is 3.46. The number of hydrogen-bond donors (Lipinski definition) is 2. The first-order valence-corrected chi connectivity index (χ1v) is 6.35. The van der Waals surface area contributed by atoms with Crippen LogP contribution in [0.15, 0.2) is 0 Å². The summed E-state index contributed by atoms with van der Waals surface area (Å²) in [4.78, 5) is 12.0. The number of carbonyl (C=O) groups is 1. The van der Waals surface area contributed by atoms with Crippen molar-refractivity contribution in [3.8, 4) is 0 Å². The first-order valence-electron chi connectivity index (χ1n) is 6.35. The van der Waals surface area contributed by atoms with Crippen LogP contribution in [0.25, 0.3) is 0 Å². The van der Waals surface area contributed by atoms with Gasteiger partial charge in [0.05, 0.1) is 11.6 Å². The fourth-order valence-electron chi connectivity index (χ4n) is 1.50. The van der Waals surface area contributed by atoms with Gasteiger partial charge in [0, 0.05) is 5.92 Å². The number of nitrogens with one attached hydrogen (secondary N) is 1. The summed E-state index contributed by atoms with van der Waals surface area (Å²) >= 11 is 0. The van der Waals surface area contributed by atoms with Gasteiger partial charge in [-0.05, 0) is 33.6 Å². The first kappa shape index (κ1) is 15.4. The number of unbranched alkanes of at least 4 members (excludes halogenated alkanes) is 1. The van der Waals surface area contributed by atoms with E-state index in [9.17, 15) is 9.90 Å². The maximum absolute atomic E-state index is 12.0. The van der Waals surface area contributed by atoms with E-state index in [1.807, 2.05) is 20.8 Å². The van der Waals surface area contributed by atoms with Crippen molar-refractivity contribution in [2.24, 2.45) is 5.92 Å². The van der Waals surface area contributed by atoms with Crippen LogP contribution in [0.1, 0.15) is 60.3 Å². The van der Waals surface area contributed by atoms with E-state index < -0.39 is 11.6 Å². The summed E-state index contributed by atoms with van der Waals surface area (Å²) in [5.74, 6) is 0.153. The third kappa shape index (κ3) is 4.97. The molecule has 0 bridgehead atoms. The molecule has 0 aromatic carbocycles. The number of aliphatic hydroxyl groups excluding tert-OH is 1. The topological polar surface area (TPSA) is 49.3 Å². The molecule has 0 heterocycles. The van der Waals surface area contributed by atoms with E-state index in [-0.39, 0.29) is 11.8 Å². The predicted octanol–water partition coefficient (Wildman–Crippen LogP) is 2.48. The molecule has 16 heavy (non-hydrogen) atoms. The molecule has 0 aliphatic rings. The van der Waals surface area contributed by atoms with Crippen LogP contribution in [0.3, 0.4) is 0 Å². The number of rotatable bonds is 7. The molecule has 0 fully saturated rings. The Bertz CT molecular complexity index is 212. The fourth-order valence-corrected chi connectivity index (χ4v) is 1.50. The molecule has 2 atom stereocenters. The zero-order valence-electron chi connectivity index (χ0n) is 11.3. The van der Waals surface area contributed by atoms with Crippen LogP contribution in [0, 0.1) is 5.92 Å².